The number of nitrogens with two attached hydrogens (primary N) is 1. The van der Waals surface area contributed by atoms with Gasteiger partial charge in [0.05, 0.1) is 40.5 Å². The number of primary amides is 1. The number of hydrogen-bond donors (Lipinski definition) is 1. The Labute approximate surface area is 215 Å². The standard InChI is InChI=1S/C27H24F3N7O/c1-35-13-19(12-33-35)20-14-36(15-32-20)22-6-3-7-23-24(22)25(27(28,29)30)34-37(23)21-9-8-17(26(31)38)11-18(21)10-16-4-2-5-16/h3,6-9,11-16H,2,4-5,10H2,1H3,(H2,31,38). The monoisotopic (exact) mass is 519 g/mol. The summed E-state index contributed by atoms with van der Waals surface area (Å²) in [5, 5.41) is 8.20. The van der Waals surface area contributed by atoms with Crippen LogP contribution in [0.1, 0.15) is 40.9 Å². The molecule has 0 bridgehead atoms. The van der Waals surface area contributed by atoms with Gasteiger partial charge in [0.1, 0.15) is 0 Å². The van der Waals surface area contributed by atoms with Crippen molar-refractivity contribution in [3.8, 4) is 22.6 Å². The van der Waals surface area contributed by atoms with E-state index in [4.69, 9.17) is 5.73 Å². The van der Waals surface area contributed by atoms with Gasteiger partial charge < -0.3 is 10.3 Å². The van der Waals surface area contributed by atoms with Crippen molar-refractivity contribution in [2.45, 2.75) is 31.9 Å². The maximum atomic E-state index is 14.4. The lowest BCUT2D eigenvalue weighted by Gasteiger charge is -2.26. The number of carbonyl (C=O) groups is 1. The number of fused-ring (bicyclic) bond motifs is 1. The largest absolute Gasteiger partial charge is 0.435 e. The summed E-state index contributed by atoms with van der Waals surface area (Å²) in [6, 6.07) is 9.77. The van der Waals surface area contributed by atoms with E-state index in [1.807, 2.05) is 0 Å². The molecule has 0 unspecified atom stereocenters. The molecule has 3 heterocycles. The molecule has 38 heavy (non-hydrogen) atoms. The molecule has 1 saturated carbocycles. The van der Waals surface area contributed by atoms with Crippen molar-refractivity contribution in [1.82, 2.24) is 29.1 Å². The maximum Gasteiger partial charge on any atom is 0.435 e. The zero-order valence-corrected chi connectivity index (χ0v) is 20.5. The molecule has 1 aliphatic rings. The molecule has 3 aromatic heterocycles. The van der Waals surface area contributed by atoms with Crippen LogP contribution in [0.2, 0.25) is 0 Å². The van der Waals surface area contributed by atoms with Crippen LogP contribution in [0.15, 0.2) is 61.3 Å². The maximum absolute atomic E-state index is 14.4. The minimum Gasteiger partial charge on any atom is -0.366 e. The number of amides is 1. The first-order valence-corrected chi connectivity index (χ1v) is 12.2. The summed E-state index contributed by atoms with van der Waals surface area (Å²) in [5.74, 6) is -0.173. The van der Waals surface area contributed by atoms with Crippen molar-refractivity contribution in [3.63, 3.8) is 0 Å². The van der Waals surface area contributed by atoms with Crippen LogP contribution >= 0.6 is 0 Å². The molecule has 6 rings (SSSR count). The lowest BCUT2D eigenvalue weighted by atomic mass is 9.80. The minimum absolute atomic E-state index is 0.0382. The molecule has 5 aromatic rings. The fourth-order valence-corrected chi connectivity index (χ4v) is 5.02. The second-order valence-corrected chi connectivity index (χ2v) is 9.71. The van der Waals surface area contributed by atoms with Gasteiger partial charge in [-0.15, -0.1) is 0 Å². The normalized spacial score (nSPS) is 14.2. The number of aromatic nitrogens is 6. The van der Waals surface area contributed by atoms with Crippen LogP contribution in [0.5, 0.6) is 0 Å². The molecule has 0 spiro atoms. The topological polar surface area (TPSA) is 96.6 Å². The van der Waals surface area contributed by atoms with Gasteiger partial charge in [-0.2, -0.15) is 23.4 Å². The number of carbonyl (C=O) groups excluding carboxylic acids is 1. The molecule has 1 aliphatic carbocycles. The zero-order valence-electron chi connectivity index (χ0n) is 20.5. The van der Waals surface area contributed by atoms with Gasteiger partial charge in [0.25, 0.3) is 0 Å². The van der Waals surface area contributed by atoms with Crippen LogP contribution in [-0.4, -0.2) is 35.0 Å². The van der Waals surface area contributed by atoms with E-state index in [9.17, 15) is 18.0 Å². The van der Waals surface area contributed by atoms with Crippen LogP contribution in [0.3, 0.4) is 0 Å². The highest BCUT2D eigenvalue weighted by atomic mass is 19.4. The van der Waals surface area contributed by atoms with Crippen molar-refractivity contribution in [2.75, 3.05) is 0 Å². The summed E-state index contributed by atoms with van der Waals surface area (Å²) in [7, 11) is 1.78. The highest BCUT2D eigenvalue weighted by Crippen LogP contribution is 2.39. The second kappa shape index (κ2) is 8.86. The van der Waals surface area contributed by atoms with E-state index in [-0.39, 0.29) is 5.39 Å². The molecular weight excluding hydrogens is 495 g/mol. The zero-order chi connectivity index (χ0) is 26.6. The molecule has 0 aliphatic heterocycles. The first kappa shape index (κ1) is 24.0. The molecule has 8 nitrogen and oxygen atoms in total. The van der Waals surface area contributed by atoms with Crippen LogP contribution < -0.4 is 5.73 Å². The third kappa shape index (κ3) is 4.13. The predicted molar refractivity (Wildman–Crippen MR) is 135 cm³/mol. The lowest BCUT2D eigenvalue weighted by molar-refractivity contribution is -0.140. The van der Waals surface area contributed by atoms with Crippen molar-refractivity contribution >= 4 is 16.8 Å². The molecule has 0 saturated heterocycles. The van der Waals surface area contributed by atoms with Gasteiger partial charge in [-0.3, -0.25) is 9.48 Å². The Morgan fingerprint density at radius 3 is 2.61 bits per heavy atom. The Balaban J connectivity index is 1.54. The Kier molecular flexibility index (Phi) is 5.59. The van der Waals surface area contributed by atoms with Crippen LogP contribution in [0.4, 0.5) is 13.2 Å². The molecule has 11 heteroatoms. The molecule has 0 atom stereocenters. The second-order valence-electron chi connectivity index (χ2n) is 9.71. The summed E-state index contributed by atoms with van der Waals surface area (Å²) in [6.07, 6.45) is 5.72. The number of hydrogen-bond acceptors (Lipinski definition) is 4. The van der Waals surface area contributed by atoms with Crippen LogP contribution in [0.25, 0.3) is 33.5 Å². The van der Waals surface area contributed by atoms with E-state index in [2.05, 4.69) is 15.2 Å². The summed E-state index contributed by atoms with van der Waals surface area (Å²) in [5.41, 5.74) is 8.02. The highest BCUT2D eigenvalue weighted by molar-refractivity contribution is 5.94. The molecule has 2 aromatic carbocycles. The van der Waals surface area contributed by atoms with Gasteiger partial charge in [0.2, 0.25) is 5.91 Å². The smallest absolute Gasteiger partial charge is 0.366 e. The number of halogens is 3. The van der Waals surface area contributed by atoms with Crippen molar-refractivity contribution < 1.29 is 18.0 Å². The van der Waals surface area contributed by atoms with Crippen LogP contribution in [0, 0.1) is 5.92 Å². The SMILES string of the molecule is Cn1cc(-c2cn(-c3cccc4c3c(C(F)(F)F)nn4-c3ccc(C(N)=O)cc3CC3CCC3)cn2)cn1. The van der Waals surface area contributed by atoms with E-state index in [0.717, 1.165) is 30.4 Å². The van der Waals surface area contributed by atoms with Gasteiger partial charge in [-0.1, -0.05) is 25.3 Å². The van der Waals surface area contributed by atoms with E-state index < -0.39 is 17.8 Å². The van der Waals surface area contributed by atoms with Crippen LogP contribution in [-0.2, 0) is 19.6 Å². The number of aryl methyl sites for hydroxylation is 1. The fraction of sp³-hybridized carbons (Fsp3) is 0.259. The van der Waals surface area contributed by atoms with E-state index in [1.165, 1.54) is 17.1 Å². The predicted octanol–water partition coefficient (Wildman–Crippen LogP) is 5.07. The number of nitrogens with zero attached hydrogens (tertiary/aromatic N) is 6. The number of rotatable bonds is 6. The van der Waals surface area contributed by atoms with Gasteiger partial charge in [-0.05, 0) is 48.2 Å². The Hall–Kier alpha value is -4.41. The number of imidazole rings is 1. The van der Waals surface area contributed by atoms with Crippen molar-refractivity contribution in [1.29, 1.82) is 0 Å². The molecular formula is C27H24F3N7O. The molecule has 0 radical (unpaired) electrons. The molecule has 194 valence electrons. The quantitative estimate of drug-likeness (QED) is 0.339. The molecule has 1 amide bonds. The Bertz CT molecular complexity index is 1670. The summed E-state index contributed by atoms with van der Waals surface area (Å²) >= 11 is 0. The first-order chi connectivity index (χ1) is 18.2. The fourth-order valence-electron chi connectivity index (χ4n) is 5.02. The van der Waals surface area contributed by atoms with E-state index >= 15 is 0 Å². The summed E-state index contributed by atoms with van der Waals surface area (Å²) < 4.78 is 47.7. The lowest BCUT2D eigenvalue weighted by Crippen LogP contribution is -2.17. The van der Waals surface area contributed by atoms with Crippen molar-refractivity contribution in [2.24, 2.45) is 18.7 Å². The van der Waals surface area contributed by atoms with Gasteiger partial charge in [0.15, 0.2) is 5.69 Å². The summed E-state index contributed by atoms with van der Waals surface area (Å²) in [4.78, 5) is 16.2. The number of benzene rings is 2. The van der Waals surface area contributed by atoms with Gasteiger partial charge >= 0.3 is 6.18 Å². The van der Waals surface area contributed by atoms with Crippen molar-refractivity contribution in [3.05, 3.63) is 78.1 Å². The van der Waals surface area contributed by atoms with Gasteiger partial charge in [-0.25, -0.2) is 9.67 Å². The number of alkyl halides is 3. The van der Waals surface area contributed by atoms with E-state index in [0.29, 0.717) is 40.5 Å². The Morgan fingerprint density at radius 1 is 1.13 bits per heavy atom. The van der Waals surface area contributed by atoms with Gasteiger partial charge in [0, 0.05) is 30.6 Å². The third-order valence-electron chi connectivity index (χ3n) is 7.14. The third-order valence-corrected chi connectivity index (χ3v) is 7.14. The average molecular weight is 520 g/mol. The first-order valence-electron chi connectivity index (χ1n) is 12.2. The average Bonchev–Trinajstić information content (AvgIpc) is 3.59. The Morgan fingerprint density at radius 2 is 1.95 bits per heavy atom. The summed E-state index contributed by atoms with van der Waals surface area (Å²) in [6.45, 7) is 0. The minimum atomic E-state index is -4.70. The van der Waals surface area contributed by atoms with E-state index in [1.54, 1.807) is 65.2 Å². The molecule has 2 N–H and O–H groups in total. The highest BCUT2D eigenvalue weighted by Gasteiger charge is 2.38. The molecule has 1 fully saturated rings.